The highest BCUT2D eigenvalue weighted by Crippen LogP contribution is 2.36. The maximum Gasteiger partial charge on any atom is 0.165 e. The van der Waals surface area contributed by atoms with Gasteiger partial charge in [0.25, 0.3) is 0 Å². The van der Waals surface area contributed by atoms with Gasteiger partial charge in [-0.2, -0.15) is 0 Å². The summed E-state index contributed by atoms with van der Waals surface area (Å²) in [7, 11) is 0. The van der Waals surface area contributed by atoms with Crippen molar-refractivity contribution in [1.29, 1.82) is 0 Å². The van der Waals surface area contributed by atoms with Crippen LogP contribution in [-0.2, 0) is 13.0 Å². The molecule has 1 atom stereocenters. The molecule has 3 rings (SSSR count). The number of hydrogen-bond donors (Lipinski definition) is 0. The molecule has 0 amide bonds. The Morgan fingerprint density at radius 1 is 1.35 bits per heavy atom. The van der Waals surface area contributed by atoms with Crippen LogP contribution in [0, 0.1) is 5.41 Å². The zero-order valence-electron chi connectivity index (χ0n) is 12.3. The third-order valence-corrected chi connectivity index (χ3v) is 4.12. The molecular formula is C16H21N3O. The number of nitrogens with zero attached hydrogens (tertiary/aromatic N) is 3. The fourth-order valence-corrected chi connectivity index (χ4v) is 3.17. The Labute approximate surface area is 119 Å². The number of rotatable bonds is 3. The molecule has 2 aromatic rings. The lowest BCUT2D eigenvalue weighted by Gasteiger charge is -2.31. The Balaban J connectivity index is 1.90. The van der Waals surface area contributed by atoms with Crippen molar-refractivity contribution < 1.29 is 4.79 Å². The van der Waals surface area contributed by atoms with E-state index in [-0.39, 0.29) is 11.2 Å². The van der Waals surface area contributed by atoms with E-state index in [0.29, 0.717) is 12.5 Å². The Morgan fingerprint density at radius 2 is 2.15 bits per heavy atom. The molecular weight excluding hydrogens is 250 g/mol. The molecule has 0 bridgehead atoms. The monoisotopic (exact) mass is 271 g/mol. The Bertz CT molecular complexity index is 622. The molecule has 0 spiro atoms. The van der Waals surface area contributed by atoms with Crippen LogP contribution in [0.4, 0.5) is 0 Å². The van der Waals surface area contributed by atoms with E-state index in [1.807, 2.05) is 18.6 Å². The summed E-state index contributed by atoms with van der Waals surface area (Å²) in [5.74, 6) is 0.282. The highest BCUT2D eigenvalue weighted by atomic mass is 16.1. The van der Waals surface area contributed by atoms with Gasteiger partial charge in [0, 0.05) is 48.9 Å². The van der Waals surface area contributed by atoms with Gasteiger partial charge in [-0.1, -0.05) is 13.8 Å². The first kappa shape index (κ1) is 13.2. The second kappa shape index (κ2) is 4.62. The molecule has 0 saturated carbocycles. The first-order chi connectivity index (χ1) is 9.46. The lowest BCUT2D eigenvalue weighted by Crippen LogP contribution is -2.29. The third kappa shape index (κ3) is 2.30. The number of carbonyl (C=O) groups excluding carboxylic acids is 1. The number of imidazole rings is 1. The summed E-state index contributed by atoms with van der Waals surface area (Å²) in [4.78, 5) is 16.3. The first-order valence-corrected chi connectivity index (χ1v) is 7.15. The van der Waals surface area contributed by atoms with Crippen LogP contribution in [0.2, 0.25) is 0 Å². The number of hydrogen-bond acceptors (Lipinski definition) is 2. The topological polar surface area (TPSA) is 39.8 Å². The molecule has 0 aromatic carbocycles. The average Bonchev–Trinajstić information content (AvgIpc) is 2.96. The summed E-state index contributed by atoms with van der Waals surface area (Å²) >= 11 is 0. The van der Waals surface area contributed by atoms with Crippen LogP contribution in [0.25, 0.3) is 0 Å². The van der Waals surface area contributed by atoms with Gasteiger partial charge in [-0.05, 0) is 24.8 Å². The predicted molar refractivity (Wildman–Crippen MR) is 77.8 cm³/mol. The second-order valence-electron chi connectivity index (χ2n) is 6.63. The zero-order chi connectivity index (χ0) is 14.3. The minimum Gasteiger partial charge on any atom is -0.346 e. The molecule has 20 heavy (non-hydrogen) atoms. The van der Waals surface area contributed by atoms with Crippen molar-refractivity contribution in [3.8, 4) is 0 Å². The Kier molecular flexibility index (Phi) is 3.04. The molecule has 2 aromatic heterocycles. The summed E-state index contributed by atoms with van der Waals surface area (Å²) in [6.07, 6.45) is 9.29. The van der Waals surface area contributed by atoms with Crippen LogP contribution in [-0.4, -0.2) is 19.9 Å². The molecule has 0 saturated heterocycles. The fourth-order valence-electron chi connectivity index (χ4n) is 3.17. The largest absolute Gasteiger partial charge is 0.346 e. The van der Waals surface area contributed by atoms with E-state index >= 15 is 0 Å². The van der Waals surface area contributed by atoms with Gasteiger partial charge < -0.3 is 9.13 Å². The molecule has 1 unspecified atom stereocenters. The SMILES string of the molecule is CC(Cn1ccnc1)n1ccc2c1CC(C)(C)CC2=O. The van der Waals surface area contributed by atoms with Crippen molar-refractivity contribution in [1.82, 2.24) is 14.1 Å². The maximum absolute atomic E-state index is 12.2. The molecule has 0 fully saturated rings. The van der Waals surface area contributed by atoms with Gasteiger partial charge in [0.2, 0.25) is 0 Å². The van der Waals surface area contributed by atoms with E-state index in [9.17, 15) is 4.79 Å². The molecule has 1 aliphatic carbocycles. The van der Waals surface area contributed by atoms with E-state index < -0.39 is 0 Å². The van der Waals surface area contributed by atoms with Crippen molar-refractivity contribution in [2.45, 2.75) is 46.2 Å². The molecule has 4 nitrogen and oxygen atoms in total. The third-order valence-electron chi connectivity index (χ3n) is 4.12. The number of aromatic nitrogens is 3. The maximum atomic E-state index is 12.2. The van der Waals surface area contributed by atoms with Crippen LogP contribution in [0.15, 0.2) is 31.0 Å². The van der Waals surface area contributed by atoms with Crippen LogP contribution in [0.3, 0.4) is 0 Å². The minimum absolute atomic E-state index is 0.0644. The summed E-state index contributed by atoms with van der Waals surface area (Å²) in [6.45, 7) is 7.40. The molecule has 4 heteroatoms. The number of fused-ring (bicyclic) bond motifs is 1. The quantitative estimate of drug-likeness (QED) is 0.860. The highest BCUT2D eigenvalue weighted by Gasteiger charge is 2.33. The molecule has 0 N–H and O–H groups in total. The van der Waals surface area contributed by atoms with E-state index in [2.05, 4.69) is 41.1 Å². The summed E-state index contributed by atoms with van der Waals surface area (Å²) in [5.41, 5.74) is 2.18. The molecule has 2 heterocycles. The van der Waals surface area contributed by atoms with Crippen LogP contribution in [0.5, 0.6) is 0 Å². The summed E-state index contributed by atoms with van der Waals surface area (Å²) in [6, 6.07) is 2.30. The number of Topliss-reactive ketones (excluding diaryl/α,β-unsaturated/α-hetero) is 1. The van der Waals surface area contributed by atoms with Gasteiger partial charge in [-0.25, -0.2) is 4.98 Å². The van der Waals surface area contributed by atoms with Crippen molar-refractivity contribution in [3.05, 3.63) is 42.2 Å². The standard InChI is InChI=1S/C16H21N3O/c1-12(10-18-7-5-17-11-18)19-6-4-13-14(19)8-16(2,3)9-15(13)20/h4-7,11-12H,8-10H2,1-3H3. The van der Waals surface area contributed by atoms with Gasteiger partial charge in [0.05, 0.1) is 6.33 Å². The van der Waals surface area contributed by atoms with Crippen molar-refractivity contribution in [2.75, 3.05) is 0 Å². The van der Waals surface area contributed by atoms with E-state index in [1.54, 1.807) is 6.20 Å². The molecule has 1 aliphatic rings. The lowest BCUT2D eigenvalue weighted by molar-refractivity contribution is 0.0909. The van der Waals surface area contributed by atoms with Crippen LogP contribution >= 0.6 is 0 Å². The lowest BCUT2D eigenvalue weighted by atomic mass is 9.76. The van der Waals surface area contributed by atoms with Crippen molar-refractivity contribution >= 4 is 5.78 Å². The van der Waals surface area contributed by atoms with E-state index in [1.165, 1.54) is 5.69 Å². The predicted octanol–water partition coefficient (Wildman–Crippen LogP) is 3.10. The first-order valence-electron chi connectivity index (χ1n) is 7.15. The molecule has 0 radical (unpaired) electrons. The Hall–Kier alpha value is -1.84. The normalized spacial score (nSPS) is 18.9. The molecule has 0 aliphatic heterocycles. The van der Waals surface area contributed by atoms with Crippen LogP contribution in [0.1, 0.15) is 49.3 Å². The number of ketones is 1. The van der Waals surface area contributed by atoms with E-state index in [4.69, 9.17) is 0 Å². The average molecular weight is 271 g/mol. The van der Waals surface area contributed by atoms with Gasteiger partial charge >= 0.3 is 0 Å². The summed E-state index contributed by atoms with van der Waals surface area (Å²) < 4.78 is 4.33. The second-order valence-corrected chi connectivity index (χ2v) is 6.63. The smallest absolute Gasteiger partial charge is 0.165 e. The number of carbonyl (C=O) groups is 1. The fraction of sp³-hybridized carbons (Fsp3) is 0.500. The van der Waals surface area contributed by atoms with Gasteiger partial charge in [0.1, 0.15) is 0 Å². The van der Waals surface area contributed by atoms with Gasteiger partial charge in [0.15, 0.2) is 5.78 Å². The van der Waals surface area contributed by atoms with Crippen molar-refractivity contribution in [2.24, 2.45) is 5.41 Å². The summed E-state index contributed by atoms with van der Waals surface area (Å²) in [5, 5.41) is 0. The minimum atomic E-state index is 0.0644. The van der Waals surface area contributed by atoms with Crippen LogP contribution < -0.4 is 0 Å². The zero-order valence-corrected chi connectivity index (χ0v) is 12.3. The van der Waals surface area contributed by atoms with Gasteiger partial charge in [-0.3, -0.25) is 4.79 Å². The van der Waals surface area contributed by atoms with Gasteiger partial charge in [-0.15, -0.1) is 0 Å². The highest BCUT2D eigenvalue weighted by molar-refractivity contribution is 5.98. The van der Waals surface area contributed by atoms with E-state index in [0.717, 1.165) is 18.5 Å². The van der Waals surface area contributed by atoms with Crippen molar-refractivity contribution in [3.63, 3.8) is 0 Å². The Morgan fingerprint density at radius 3 is 2.85 bits per heavy atom. The molecule has 106 valence electrons.